The number of hydrogen-bond acceptors (Lipinski definition) is 1. The van der Waals surface area contributed by atoms with Gasteiger partial charge in [0.1, 0.15) is 0 Å². The van der Waals surface area contributed by atoms with E-state index in [2.05, 4.69) is 13.0 Å². The fourth-order valence-corrected chi connectivity index (χ4v) is 2.71. The van der Waals surface area contributed by atoms with E-state index in [1.807, 2.05) is 6.92 Å². The molecular weight excluding hydrogens is 246 g/mol. The van der Waals surface area contributed by atoms with Crippen molar-refractivity contribution in [3.8, 4) is 0 Å². The molecule has 1 rings (SSSR count). The van der Waals surface area contributed by atoms with Gasteiger partial charge in [-0.3, -0.25) is 0 Å². The topological polar surface area (TPSA) is 9.23 Å². The fraction of sp³-hybridized carbons (Fsp3) is 0.750. The number of ether oxygens (including phenoxy) is 1. The quantitative estimate of drug-likeness (QED) is 0.427. The third-order valence-electron chi connectivity index (χ3n) is 3.91. The largest absolute Gasteiger partial charge is 0.498 e. The normalized spacial score (nSPS) is 24.1. The Morgan fingerprint density at radius 3 is 2.42 bits per heavy atom. The van der Waals surface area contributed by atoms with E-state index in [9.17, 15) is 8.78 Å². The van der Waals surface area contributed by atoms with Crippen LogP contribution in [-0.2, 0) is 4.74 Å². The van der Waals surface area contributed by atoms with E-state index in [0.29, 0.717) is 18.3 Å². The summed E-state index contributed by atoms with van der Waals surface area (Å²) in [5, 5.41) is 0. The van der Waals surface area contributed by atoms with Crippen molar-refractivity contribution in [2.45, 2.75) is 58.8 Å². The van der Waals surface area contributed by atoms with Crippen molar-refractivity contribution < 1.29 is 13.5 Å². The summed E-state index contributed by atoms with van der Waals surface area (Å²) in [6.45, 7) is 4.97. The van der Waals surface area contributed by atoms with Crippen molar-refractivity contribution in [3.63, 3.8) is 0 Å². The highest BCUT2D eigenvalue weighted by Gasteiger charge is 2.24. The lowest BCUT2D eigenvalue weighted by molar-refractivity contribution is 0.146. The van der Waals surface area contributed by atoms with Crippen LogP contribution in [0.25, 0.3) is 0 Å². The fourth-order valence-electron chi connectivity index (χ4n) is 2.71. The first-order chi connectivity index (χ1) is 9.17. The van der Waals surface area contributed by atoms with Gasteiger partial charge in [0.25, 0.3) is 6.08 Å². The minimum absolute atomic E-state index is 0.423. The lowest BCUT2D eigenvalue weighted by Crippen LogP contribution is -2.17. The van der Waals surface area contributed by atoms with Crippen molar-refractivity contribution >= 4 is 0 Å². The molecule has 0 aliphatic heterocycles. The maximum atomic E-state index is 12.1. The molecule has 1 nitrogen and oxygen atoms in total. The molecule has 0 aromatic heterocycles. The molecule has 3 heteroatoms. The van der Waals surface area contributed by atoms with Crippen molar-refractivity contribution in [2.24, 2.45) is 11.8 Å². The predicted octanol–water partition coefficient (Wildman–Crippen LogP) is 5.68. The monoisotopic (exact) mass is 272 g/mol. The van der Waals surface area contributed by atoms with Crippen molar-refractivity contribution in [3.05, 3.63) is 24.0 Å². The molecule has 0 amide bonds. The lowest BCUT2D eigenvalue weighted by atomic mass is 9.79. The van der Waals surface area contributed by atoms with Crippen molar-refractivity contribution in [2.75, 3.05) is 6.61 Å². The molecule has 1 aliphatic rings. The van der Waals surface area contributed by atoms with Crippen LogP contribution >= 0.6 is 0 Å². The summed E-state index contributed by atoms with van der Waals surface area (Å²) < 4.78 is 29.9. The summed E-state index contributed by atoms with van der Waals surface area (Å²) in [6.07, 6.45) is 8.55. The summed E-state index contributed by atoms with van der Waals surface area (Å²) in [5.74, 6) is 2.03. The highest BCUT2D eigenvalue weighted by Crippen LogP contribution is 2.35. The second kappa shape index (κ2) is 9.11. The molecule has 1 saturated carbocycles. The Morgan fingerprint density at radius 1 is 1.21 bits per heavy atom. The minimum Gasteiger partial charge on any atom is -0.498 e. The van der Waals surface area contributed by atoms with Crippen LogP contribution in [0, 0.1) is 11.8 Å². The van der Waals surface area contributed by atoms with Gasteiger partial charge in [0, 0.05) is 5.92 Å². The van der Waals surface area contributed by atoms with Crippen LogP contribution in [-0.4, -0.2) is 6.61 Å². The Hall–Kier alpha value is -0.860. The van der Waals surface area contributed by atoms with Gasteiger partial charge < -0.3 is 4.74 Å². The van der Waals surface area contributed by atoms with E-state index < -0.39 is 6.08 Å². The Balaban J connectivity index is 2.33. The molecule has 1 fully saturated rings. The molecule has 0 atom stereocenters. The Bertz CT molecular complexity index is 298. The van der Waals surface area contributed by atoms with Gasteiger partial charge in [-0.2, -0.15) is 8.78 Å². The maximum Gasteiger partial charge on any atom is 0.266 e. The number of allylic oxidation sites excluding steroid dienone is 3. The van der Waals surface area contributed by atoms with E-state index in [1.54, 1.807) is 0 Å². The van der Waals surface area contributed by atoms with Crippen LogP contribution in [0.5, 0.6) is 0 Å². The number of rotatable bonds is 7. The molecular formula is C16H26F2O. The molecule has 0 N–H and O–H groups in total. The second-order valence-electron chi connectivity index (χ2n) is 5.34. The summed E-state index contributed by atoms with van der Waals surface area (Å²) >= 11 is 0. The smallest absolute Gasteiger partial charge is 0.266 e. The molecule has 0 saturated heterocycles. The molecule has 0 unspecified atom stereocenters. The number of unbranched alkanes of at least 4 members (excludes halogenated alkanes) is 1. The molecule has 0 heterocycles. The van der Waals surface area contributed by atoms with Gasteiger partial charge >= 0.3 is 0 Å². The predicted molar refractivity (Wildman–Crippen MR) is 75.0 cm³/mol. The zero-order valence-corrected chi connectivity index (χ0v) is 12.1. The zero-order valence-electron chi connectivity index (χ0n) is 12.1. The third-order valence-corrected chi connectivity index (χ3v) is 3.91. The van der Waals surface area contributed by atoms with Gasteiger partial charge in [-0.25, -0.2) is 0 Å². The highest BCUT2D eigenvalue weighted by atomic mass is 19.3. The number of hydrogen-bond donors (Lipinski definition) is 0. The standard InChI is InChI=1S/C16H26F2O/c1-3-5-12-19-15(4-2)14-9-6-13(7-10-14)8-11-16(17)18/h4,11,13-14H,3,5-10,12H2,1-2H3. The third kappa shape index (κ3) is 6.22. The second-order valence-corrected chi connectivity index (χ2v) is 5.34. The number of halogens is 2. The average Bonchev–Trinajstić information content (AvgIpc) is 2.42. The van der Waals surface area contributed by atoms with Gasteiger partial charge in [-0.15, -0.1) is 0 Å². The molecule has 0 aromatic carbocycles. The molecule has 0 aromatic rings. The first kappa shape index (κ1) is 16.2. The summed E-state index contributed by atoms with van der Waals surface area (Å²) in [7, 11) is 0. The molecule has 110 valence electrons. The van der Waals surface area contributed by atoms with Crippen LogP contribution in [0.1, 0.15) is 58.8 Å². The van der Waals surface area contributed by atoms with Crippen LogP contribution in [0.15, 0.2) is 24.0 Å². The Labute approximate surface area is 115 Å². The van der Waals surface area contributed by atoms with Crippen molar-refractivity contribution in [1.82, 2.24) is 0 Å². The summed E-state index contributed by atoms with van der Waals surface area (Å²) in [5.41, 5.74) is 0. The summed E-state index contributed by atoms with van der Waals surface area (Å²) in [6, 6.07) is 0. The Kier molecular flexibility index (Phi) is 7.76. The van der Waals surface area contributed by atoms with Gasteiger partial charge in [-0.1, -0.05) is 13.3 Å². The van der Waals surface area contributed by atoms with Crippen LogP contribution < -0.4 is 0 Å². The highest BCUT2D eigenvalue weighted by molar-refractivity contribution is 4.99. The molecule has 0 bridgehead atoms. The van der Waals surface area contributed by atoms with E-state index in [0.717, 1.165) is 57.0 Å². The molecule has 1 aliphatic carbocycles. The zero-order chi connectivity index (χ0) is 14.1. The van der Waals surface area contributed by atoms with Crippen LogP contribution in [0.3, 0.4) is 0 Å². The van der Waals surface area contributed by atoms with Gasteiger partial charge in [0.05, 0.1) is 12.4 Å². The molecule has 0 radical (unpaired) electrons. The van der Waals surface area contributed by atoms with E-state index in [4.69, 9.17) is 4.74 Å². The van der Waals surface area contributed by atoms with Crippen LogP contribution in [0.2, 0.25) is 0 Å². The maximum absolute atomic E-state index is 12.1. The van der Waals surface area contributed by atoms with E-state index >= 15 is 0 Å². The minimum atomic E-state index is -1.54. The molecule has 19 heavy (non-hydrogen) atoms. The van der Waals surface area contributed by atoms with Gasteiger partial charge in [0.15, 0.2) is 0 Å². The van der Waals surface area contributed by atoms with E-state index in [-0.39, 0.29) is 0 Å². The average molecular weight is 272 g/mol. The Morgan fingerprint density at radius 2 is 1.89 bits per heavy atom. The SMILES string of the molecule is CC=C(OCCCC)C1CCC(CC=C(F)F)CC1. The van der Waals surface area contributed by atoms with E-state index in [1.165, 1.54) is 0 Å². The van der Waals surface area contributed by atoms with Gasteiger partial charge in [-0.05, 0) is 63.5 Å². The van der Waals surface area contributed by atoms with Crippen molar-refractivity contribution in [1.29, 1.82) is 0 Å². The molecule has 0 spiro atoms. The first-order valence-electron chi connectivity index (χ1n) is 7.47. The first-order valence-corrected chi connectivity index (χ1v) is 7.47. The lowest BCUT2D eigenvalue weighted by Gasteiger charge is -2.29. The van der Waals surface area contributed by atoms with Crippen LogP contribution in [0.4, 0.5) is 8.78 Å². The van der Waals surface area contributed by atoms with Gasteiger partial charge in [0.2, 0.25) is 0 Å². The summed E-state index contributed by atoms with van der Waals surface area (Å²) in [4.78, 5) is 0.